The first kappa shape index (κ1) is 10.5. The van der Waals surface area contributed by atoms with Crippen LogP contribution >= 0.6 is 0 Å². The highest BCUT2D eigenvalue weighted by Gasteiger charge is 2.16. The highest BCUT2D eigenvalue weighted by molar-refractivity contribution is 5.98. The molecule has 1 amide bonds. The van der Waals surface area contributed by atoms with Gasteiger partial charge in [-0.2, -0.15) is 0 Å². The summed E-state index contributed by atoms with van der Waals surface area (Å²) in [4.78, 5) is 17.3. The van der Waals surface area contributed by atoms with E-state index in [0.29, 0.717) is 5.56 Å². The third-order valence-corrected chi connectivity index (χ3v) is 2.16. The normalized spacial score (nSPS) is 10.3. The third-order valence-electron chi connectivity index (χ3n) is 2.16. The van der Waals surface area contributed by atoms with Crippen molar-refractivity contribution in [2.24, 2.45) is 0 Å². The smallest absolute Gasteiger partial charge is 0.257 e. The molecule has 0 aliphatic rings. The van der Waals surface area contributed by atoms with Crippen LogP contribution in [0.5, 0.6) is 0 Å². The van der Waals surface area contributed by atoms with Crippen molar-refractivity contribution in [3.05, 3.63) is 23.9 Å². The van der Waals surface area contributed by atoms with Gasteiger partial charge in [0.25, 0.3) is 5.91 Å². The van der Waals surface area contributed by atoms with E-state index in [4.69, 9.17) is 5.73 Å². The van der Waals surface area contributed by atoms with Crippen LogP contribution in [0.1, 0.15) is 24.2 Å². The van der Waals surface area contributed by atoms with E-state index in [0.717, 1.165) is 0 Å². The zero-order valence-electron chi connectivity index (χ0n) is 8.69. The minimum absolute atomic E-state index is 0.0920. The Morgan fingerprint density at radius 2 is 2.21 bits per heavy atom. The van der Waals surface area contributed by atoms with Crippen LogP contribution in [-0.4, -0.2) is 28.9 Å². The van der Waals surface area contributed by atoms with Crippen LogP contribution in [0.4, 0.5) is 5.82 Å². The molecule has 0 radical (unpaired) electrons. The van der Waals surface area contributed by atoms with Gasteiger partial charge in [-0.3, -0.25) is 4.79 Å². The number of amides is 1. The van der Waals surface area contributed by atoms with Crippen LogP contribution < -0.4 is 5.73 Å². The monoisotopic (exact) mass is 193 g/mol. The Balaban J connectivity index is 2.95. The molecule has 2 N–H and O–H groups in total. The van der Waals surface area contributed by atoms with E-state index >= 15 is 0 Å². The molecule has 0 aromatic carbocycles. The number of pyridine rings is 1. The molecule has 0 bridgehead atoms. The molecule has 4 heteroatoms. The number of anilines is 1. The Labute approximate surface area is 83.7 Å². The summed E-state index contributed by atoms with van der Waals surface area (Å²) in [7, 11) is 1.75. The molecule has 0 saturated heterocycles. The number of carbonyl (C=O) groups excluding carboxylic acids is 1. The molecule has 1 rings (SSSR count). The second-order valence-electron chi connectivity index (χ2n) is 3.45. The molecule has 14 heavy (non-hydrogen) atoms. The second kappa shape index (κ2) is 4.09. The quantitative estimate of drug-likeness (QED) is 0.766. The van der Waals surface area contributed by atoms with Crippen molar-refractivity contribution in [3.8, 4) is 0 Å². The molecule has 1 aromatic rings. The van der Waals surface area contributed by atoms with Crippen LogP contribution in [0.15, 0.2) is 18.3 Å². The molecule has 1 heterocycles. The number of nitrogens with two attached hydrogens (primary N) is 1. The molecule has 0 saturated carbocycles. The Hall–Kier alpha value is -1.58. The highest BCUT2D eigenvalue weighted by atomic mass is 16.2. The van der Waals surface area contributed by atoms with Crippen LogP contribution in [0.2, 0.25) is 0 Å². The first-order valence-electron chi connectivity index (χ1n) is 4.51. The maximum Gasteiger partial charge on any atom is 0.257 e. The zero-order valence-corrected chi connectivity index (χ0v) is 8.69. The zero-order chi connectivity index (χ0) is 10.7. The number of nitrogens with zero attached hydrogens (tertiary/aromatic N) is 2. The summed E-state index contributed by atoms with van der Waals surface area (Å²) in [6.45, 7) is 3.90. The molecule has 1 aromatic heterocycles. The van der Waals surface area contributed by atoms with Crippen molar-refractivity contribution in [1.29, 1.82) is 0 Å². The molecular formula is C10H15N3O. The Bertz CT molecular complexity index is 336. The molecule has 0 spiro atoms. The van der Waals surface area contributed by atoms with Crippen LogP contribution in [0.25, 0.3) is 0 Å². The van der Waals surface area contributed by atoms with Gasteiger partial charge in [0.15, 0.2) is 0 Å². The molecule has 76 valence electrons. The van der Waals surface area contributed by atoms with Crippen LogP contribution in [0.3, 0.4) is 0 Å². The summed E-state index contributed by atoms with van der Waals surface area (Å²) in [5, 5.41) is 0. The van der Waals surface area contributed by atoms with Crippen molar-refractivity contribution in [3.63, 3.8) is 0 Å². The van der Waals surface area contributed by atoms with Crippen molar-refractivity contribution in [2.75, 3.05) is 12.8 Å². The van der Waals surface area contributed by atoms with Gasteiger partial charge >= 0.3 is 0 Å². The number of rotatable bonds is 2. The molecule has 4 nitrogen and oxygen atoms in total. The van der Waals surface area contributed by atoms with E-state index in [-0.39, 0.29) is 17.8 Å². The lowest BCUT2D eigenvalue weighted by Gasteiger charge is -2.21. The van der Waals surface area contributed by atoms with Crippen molar-refractivity contribution >= 4 is 11.7 Å². The Morgan fingerprint density at radius 3 is 2.71 bits per heavy atom. The SMILES string of the molecule is CC(C)N(C)C(=O)c1cccnc1N. The van der Waals surface area contributed by atoms with E-state index in [1.165, 1.54) is 0 Å². The maximum atomic E-state index is 11.8. The molecule has 0 aliphatic carbocycles. The van der Waals surface area contributed by atoms with E-state index < -0.39 is 0 Å². The minimum atomic E-state index is -0.0920. The predicted octanol–water partition coefficient (Wildman–Crippen LogP) is 1.14. The lowest BCUT2D eigenvalue weighted by atomic mass is 10.2. The summed E-state index contributed by atoms with van der Waals surface area (Å²) in [5.41, 5.74) is 6.06. The summed E-state index contributed by atoms with van der Waals surface area (Å²) >= 11 is 0. The number of nitrogen functional groups attached to an aromatic ring is 1. The van der Waals surface area contributed by atoms with Gasteiger partial charge in [-0.15, -0.1) is 0 Å². The summed E-state index contributed by atoms with van der Waals surface area (Å²) in [6, 6.07) is 3.54. The van der Waals surface area contributed by atoms with Crippen LogP contribution in [-0.2, 0) is 0 Å². The van der Waals surface area contributed by atoms with Gasteiger partial charge in [0.1, 0.15) is 5.82 Å². The molecule has 0 fully saturated rings. The van der Waals surface area contributed by atoms with Gasteiger partial charge in [-0.25, -0.2) is 4.98 Å². The summed E-state index contributed by atoms with van der Waals surface area (Å²) in [5.74, 6) is 0.190. The van der Waals surface area contributed by atoms with Gasteiger partial charge in [-0.05, 0) is 26.0 Å². The average Bonchev–Trinajstić information content (AvgIpc) is 2.16. The fourth-order valence-corrected chi connectivity index (χ4v) is 1.02. The summed E-state index contributed by atoms with van der Waals surface area (Å²) < 4.78 is 0. The van der Waals surface area contributed by atoms with Gasteiger partial charge < -0.3 is 10.6 Å². The van der Waals surface area contributed by atoms with Crippen molar-refractivity contribution < 1.29 is 4.79 Å². The fourth-order valence-electron chi connectivity index (χ4n) is 1.02. The van der Waals surface area contributed by atoms with E-state index in [1.807, 2.05) is 13.8 Å². The maximum absolute atomic E-state index is 11.8. The number of carbonyl (C=O) groups is 1. The average molecular weight is 193 g/mol. The molecule has 0 atom stereocenters. The first-order chi connectivity index (χ1) is 6.54. The largest absolute Gasteiger partial charge is 0.383 e. The predicted molar refractivity (Wildman–Crippen MR) is 55.9 cm³/mol. The first-order valence-corrected chi connectivity index (χ1v) is 4.51. The Kier molecular flexibility index (Phi) is 3.06. The van der Waals surface area contributed by atoms with Crippen LogP contribution in [0, 0.1) is 0 Å². The fraction of sp³-hybridized carbons (Fsp3) is 0.400. The van der Waals surface area contributed by atoms with Gasteiger partial charge in [0, 0.05) is 19.3 Å². The topological polar surface area (TPSA) is 59.2 Å². The molecule has 0 aliphatic heterocycles. The molecule has 0 unspecified atom stereocenters. The van der Waals surface area contributed by atoms with Crippen molar-refractivity contribution in [1.82, 2.24) is 9.88 Å². The van der Waals surface area contributed by atoms with E-state index in [2.05, 4.69) is 4.98 Å². The number of hydrogen-bond acceptors (Lipinski definition) is 3. The third kappa shape index (κ3) is 2.02. The van der Waals surface area contributed by atoms with E-state index in [1.54, 1.807) is 30.3 Å². The molecular weight excluding hydrogens is 178 g/mol. The van der Waals surface area contributed by atoms with Crippen molar-refractivity contribution in [2.45, 2.75) is 19.9 Å². The van der Waals surface area contributed by atoms with Gasteiger partial charge in [0.2, 0.25) is 0 Å². The minimum Gasteiger partial charge on any atom is -0.383 e. The second-order valence-corrected chi connectivity index (χ2v) is 3.45. The summed E-state index contributed by atoms with van der Waals surface area (Å²) in [6.07, 6.45) is 1.57. The lowest BCUT2D eigenvalue weighted by molar-refractivity contribution is 0.0755. The Morgan fingerprint density at radius 1 is 1.57 bits per heavy atom. The van der Waals surface area contributed by atoms with Gasteiger partial charge in [0.05, 0.1) is 5.56 Å². The lowest BCUT2D eigenvalue weighted by Crippen LogP contribution is -2.33. The highest BCUT2D eigenvalue weighted by Crippen LogP contribution is 2.11. The standard InChI is InChI=1S/C10H15N3O/c1-7(2)13(3)10(14)8-5-4-6-12-9(8)11/h4-7H,1-3H3,(H2,11,12). The van der Waals surface area contributed by atoms with Gasteiger partial charge in [-0.1, -0.05) is 0 Å². The number of hydrogen-bond donors (Lipinski definition) is 1. The van der Waals surface area contributed by atoms with E-state index in [9.17, 15) is 4.79 Å². The number of aromatic nitrogens is 1.